The summed E-state index contributed by atoms with van der Waals surface area (Å²) in [5.74, 6) is -0.109. The molecule has 0 spiro atoms. The number of fused-ring (bicyclic) bond motifs is 1. The van der Waals surface area contributed by atoms with Gasteiger partial charge in [-0.3, -0.25) is 23.0 Å². The third-order valence-electron chi connectivity index (χ3n) is 8.73. The Hall–Kier alpha value is -3.09. The zero-order valence-electron chi connectivity index (χ0n) is 27.1. The van der Waals surface area contributed by atoms with Gasteiger partial charge in [0.25, 0.3) is 0 Å². The normalized spacial score (nSPS) is 29.7. The third-order valence-corrected chi connectivity index (χ3v) is 12.4. The maximum atomic E-state index is 13.9. The summed E-state index contributed by atoms with van der Waals surface area (Å²) in [6.07, 6.45) is -4.24. The van der Waals surface area contributed by atoms with Gasteiger partial charge >= 0.3 is 27.1 Å². The number of nitrogen functional groups attached to an aromatic ring is 2. The van der Waals surface area contributed by atoms with E-state index in [4.69, 9.17) is 35.9 Å². The minimum atomic E-state index is -5.06. The first-order valence-corrected chi connectivity index (χ1v) is 20.1. The lowest BCUT2D eigenvalue weighted by Gasteiger charge is -2.26. The number of ether oxygens (including phenoxy) is 3. The second-order valence-electron chi connectivity index (χ2n) is 12.2. The molecule has 0 aliphatic carbocycles. The summed E-state index contributed by atoms with van der Waals surface area (Å²) in [6, 6.07) is 0.225. The molecule has 286 valence electrons. The fourth-order valence-electron chi connectivity index (χ4n) is 6.10. The van der Waals surface area contributed by atoms with Crippen LogP contribution in [0.4, 0.5) is 11.6 Å². The fourth-order valence-corrected chi connectivity index (χ4v) is 9.03. The molecule has 0 radical (unpaired) electrons. The van der Waals surface area contributed by atoms with E-state index in [1.165, 1.54) is 29.5 Å². The number of anilines is 2. The van der Waals surface area contributed by atoms with Crippen molar-refractivity contribution >= 4 is 55.9 Å². The maximum Gasteiger partial charge on any atom is 0.469 e. The molecule has 3 aliphatic heterocycles. The van der Waals surface area contributed by atoms with Crippen LogP contribution in [0.2, 0.25) is 0 Å². The number of phosphoric acid groups is 1. The lowest BCUT2D eigenvalue weighted by Crippen LogP contribution is -2.43. The number of thioether (sulfide) groups is 1. The summed E-state index contributed by atoms with van der Waals surface area (Å²) in [6.45, 7) is -0.841. The van der Waals surface area contributed by atoms with Crippen LogP contribution < -0.4 is 28.2 Å². The summed E-state index contributed by atoms with van der Waals surface area (Å²) in [7, 11) is -9.93. The van der Waals surface area contributed by atoms with Crippen LogP contribution in [0.15, 0.2) is 29.7 Å². The number of nitrogens with zero attached hydrogens (tertiary/aromatic N) is 6. The van der Waals surface area contributed by atoms with E-state index in [1.54, 1.807) is 11.8 Å². The van der Waals surface area contributed by atoms with Crippen molar-refractivity contribution < 1.29 is 57.0 Å². The molecule has 3 aromatic rings. The molecule has 3 saturated heterocycles. The average Bonchev–Trinajstić information content (AvgIpc) is 3.89. The molecule has 6 rings (SSSR count). The van der Waals surface area contributed by atoms with Gasteiger partial charge in [-0.2, -0.15) is 4.98 Å². The Labute approximate surface area is 298 Å². The van der Waals surface area contributed by atoms with E-state index in [9.17, 15) is 38.5 Å². The Morgan fingerprint density at radius 1 is 1.12 bits per heavy atom. The number of carbonyl (C=O) groups excluding carboxylic acids is 1. The second kappa shape index (κ2) is 15.7. The Balaban J connectivity index is 1.22. The van der Waals surface area contributed by atoms with Crippen LogP contribution in [0.1, 0.15) is 31.7 Å². The van der Waals surface area contributed by atoms with Crippen molar-refractivity contribution in [2.45, 2.75) is 73.1 Å². The van der Waals surface area contributed by atoms with E-state index in [-0.39, 0.29) is 40.9 Å². The molecule has 0 bridgehead atoms. The molecule has 23 nitrogen and oxygen atoms in total. The molecule has 1 unspecified atom stereocenters. The van der Waals surface area contributed by atoms with Crippen molar-refractivity contribution in [2.24, 2.45) is 5.73 Å². The molecule has 0 saturated carbocycles. The number of aromatic nitrogens is 6. The molecule has 6 heterocycles. The minimum Gasteiger partial charge on any atom is -0.455 e. The molecule has 3 aromatic heterocycles. The Morgan fingerprint density at radius 3 is 2.60 bits per heavy atom. The van der Waals surface area contributed by atoms with Gasteiger partial charge in [-0.15, -0.1) is 11.8 Å². The van der Waals surface area contributed by atoms with Gasteiger partial charge in [0, 0.05) is 30.3 Å². The first-order chi connectivity index (χ1) is 24.6. The minimum absolute atomic E-state index is 0.0494. The summed E-state index contributed by atoms with van der Waals surface area (Å²) in [5, 5.41) is 14.9. The molecule has 0 aromatic carbocycles. The second-order valence-corrected chi connectivity index (χ2v) is 16.8. The van der Waals surface area contributed by atoms with Gasteiger partial charge in [0.05, 0.1) is 31.3 Å². The van der Waals surface area contributed by atoms with Gasteiger partial charge < -0.3 is 61.0 Å². The maximum absolute atomic E-state index is 13.9. The SMILES string of the molecule is Nc1ccn([C@H]2C[C@H](P(=O)(O)OC[C@H]3O[C@@H](n4cnc5c(N)ncnc54)[C@H](O)[C@@H]3OC(=O)[C@@H](N)CC[C@H]3CNCS3)[C@@H](COP(=O)(O)O)O2)c(=O)n1. The predicted octanol–water partition coefficient (Wildman–Crippen LogP) is -1.84. The number of nitrogens with two attached hydrogens (primary N) is 3. The summed E-state index contributed by atoms with van der Waals surface area (Å²) in [4.78, 5) is 71.4. The smallest absolute Gasteiger partial charge is 0.455 e. The van der Waals surface area contributed by atoms with Crippen LogP contribution in [0.3, 0.4) is 0 Å². The molecular weight excluding hydrogens is 754 g/mol. The van der Waals surface area contributed by atoms with Crippen LogP contribution in [0.25, 0.3) is 11.2 Å². The zero-order valence-corrected chi connectivity index (χ0v) is 29.7. The van der Waals surface area contributed by atoms with E-state index in [2.05, 4.69) is 29.8 Å². The fraction of sp³-hybridized carbons (Fsp3) is 0.615. The Kier molecular flexibility index (Phi) is 11.7. The van der Waals surface area contributed by atoms with Crippen LogP contribution in [0, 0.1) is 0 Å². The molecule has 11 N–H and O–H groups in total. The molecule has 52 heavy (non-hydrogen) atoms. The quantitative estimate of drug-likeness (QED) is 0.0656. The van der Waals surface area contributed by atoms with Crippen LogP contribution in [-0.2, 0) is 37.2 Å². The monoisotopic (exact) mass is 792 g/mol. The summed E-state index contributed by atoms with van der Waals surface area (Å²) >= 11 is 1.70. The van der Waals surface area contributed by atoms with E-state index in [0.29, 0.717) is 6.42 Å². The van der Waals surface area contributed by atoms with Gasteiger partial charge in [0.2, 0.25) is 0 Å². The van der Waals surface area contributed by atoms with Gasteiger partial charge in [0.1, 0.15) is 42.1 Å². The zero-order chi connectivity index (χ0) is 37.4. The molecule has 10 atom stereocenters. The molecule has 0 amide bonds. The molecule has 26 heteroatoms. The van der Waals surface area contributed by atoms with Crippen molar-refractivity contribution in [2.75, 3.05) is 37.1 Å². The lowest BCUT2D eigenvalue weighted by molar-refractivity contribution is -0.158. The highest BCUT2D eigenvalue weighted by Gasteiger charge is 2.52. The molecule has 3 aliphatic rings. The molecule has 3 fully saturated rings. The molecular formula is C26H38N10O13P2S. The Bertz CT molecular complexity index is 1910. The van der Waals surface area contributed by atoms with Crippen molar-refractivity contribution in [3.8, 4) is 0 Å². The number of carbonyl (C=O) groups is 1. The van der Waals surface area contributed by atoms with Crippen molar-refractivity contribution in [3.05, 3.63) is 35.4 Å². The number of hydrogen-bond donors (Lipinski definition) is 8. The van der Waals surface area contributed by atoms with Crippen molar-refractivity contribution in [3.63, 3.8) is 0 Å². The topological polar surface area (TPSA) is 347 Å². The van der Waals surface area contributed by atoms with Crippen LogP contribution >= 0.6 is 27.2 Å². The number of hydrogen-bond acceptors (Lipinski definition) is 19. The predicted molar refractivity (Wildman–Crippen MR) is 180 cm³/mol. The summed E-state index contributed by atoms with van der Waals surface area (Å²) in [5.41, 5.74) is 15.6. The number of aliphatic hydroxyl groups is 1. The standard InChI is InChI=1S/C26H38N10O13P2S/c27-13(2-1-12-6-30-11-52-12)25(38)49-21-15(48-24(20(21)37)36-10-33-19-22(29)31-9-32-23(19)36)8-45-50(40,41)16-5-18(35-4-3-17(28)34-26(35)39)47-14(16)7-46-51(42,43)44/h3-4,9-10,12-16,18,20-21,24,30,37H,1-2,5-8,11,27H2,(H,40,41)(H2,28,34,39)(H2,29,31,32)(H2,42,43,44)/t12-,13-,14+,15+,16-,18+,20+,21+,24+/m0/s1. The van der Waals surface area contributed by atoms with Gasteiger partial charge in [-0.05, 0) is 18.9 Å². The first kappa shape index (κ1) is 38.6. The first-order valence-electron chi connectivity index (χ1n) is 15.8. The van der Waals surface area contributed by atoms with E-state index in [1.807, 2.05) is 0 Å². The van der Waals surface area contributed by atoms with E-state index >= 15 is 0 Å². The number of nitrogens with one attached hydrogen (secondary N) is 1. The number of rotatable bonds is 14. The van der Waals surface area contributed by atoms with Gasteiger partial charge in [-0.1, -0.05) is 0 Å². The van der Waals surface area contributed by atoms with Crippen LogP contribution in [0.5, 0.6) is 0 Å². The largest absolute Gasteiger partial charge is 0.469 e. The highest BCUT2D eigenvalue weighted by Crippen LogP contribution is 2.56. The van der Waals surface area contributed by atoms with E-state index in [0.717, 1.165) is 17.0 Å². The highest BCUT2D eigenvalue weighted by molar-refractivity contribution is 8.00. The van der Waals surface area contributed by atoms with Crippen molar-refractivity contribution in [1.29, 1.82) is 0 Å². The lowest BCUT2D eigenvalue weighted by atomic mass is 10.1. The van der Waals surface area contributed by atoms with E-state index < -0.39 is 88.9 Å². The highest BCUT2D eigenvalue weighted by atomic mass is 32.2. The summed E-state index contributed by atoms with van der Waals surface area (Å²) < 4.78 is 55.2. The number of phosphoric ester groups is 1. The van der Waals surface area contributed by atoms with Gasteiger partial charge in [-0.25, -0.2) is 24.3 Å². The average molecular weight is 793 g/mol. The van der Waals surface area contributed by atoms with Crippen LogP contribution in [-0.4, -0.2) is 122 Å². The van der Waals surface area contributed by atoms with Crippen molar-refractivity contribution in [1.82, 2.24) is 34.4 Å². The van der Waals surface area contributed by atoms with Gasteiger partial charge in [0.15, 0.2) is 23.8 Å². The number of aliphatic hydroxyl groups excluding tert-OH is 1. The number of esters is 1. The third kappa shape index (κ3) is 8.65. The number of imidazole rings is 1. The Morgan fingerprint density at radius 2 is 1.88 bits per heavy atom.